The number of amides is 9. The van der Waals surface area contributed by atoms with Crippen molar-refractivity contribution in [1.29, 1.82) is 0 Å². The molecule has 0 saturated heterocycles. The van der Waals surface area contributed by atoms with E-state index in [9.17, 15) is 43.2 Å². The molecule has 2 atom stereocenters. The second-order valence-corrected chi connectivity index (χ2v) is 13.6. The molecular weight excluding hydrogens is 792 g/mol. The quantitative estimate of drug-likeness (QED) is 0.0241. The van der Waals surface area contributed by atoms with Crippen molar-refractivity contribution in [3.05, 3.63) is 24.3 Å². The maximum Gasteiger partial charge on any atom is 0.409 e. The number of unbranched alkanes of at least 4 members (excludes halogenated alkanes) is 5. The fourth-order valence-corrected chi connectivity index (χ4v) is 5.66. The smallest absolute Gasteiger partial charge is 0.409 e. The number of alkyl carbamates (subject to hydrolysis) is 2. The first-order valence-electron chi connectivity index (χ1n) is 20.1. The molecule has 0 fully saturated rings. The topological polar surface area (TPSA) is 289 Å². The Morgan fingerprint density at radius 3 is 1.80 bits per heavy atom. The van der Waals surface area contributed by atoms with E-state index in [1.165, 1.54) is 7.11 Å². The van der Waals surface area contributed by atoms with Gasteiger partial charge in [0.2, 0.25) is 17.7 Å². The maximum atomic E-state index is 12.8. The van der Waals surface area contributed by atoms with Gasteiger partial charge in [-0.05, 0) is 57.9 Å². The second-order valence-electron chi connectivity index (χ2n) is 13.6. The number of carbonyl (C=O) groups excluding carboxylic acids is 9. The summed E-state index contributed by atoms with van der Waals surface area (Å²) in [6.07, 6.45) is 8.31. The van der Waals surface area contributed by atoms with E-state index in [0.717, 1.165) is 53.4 Å². The Morgan fingerprint density at radius 2 is 1.18 bits per heavy atom. The van der Waals surface area contributed by atoms with E-state index in [-0.39, 0.29) is 70.9 Å². The van der Waals surface area contributed by atoms with Gasteiger partial charge in [-0.25, -0.2) is 9.59 Å². The number of carbonyl (C=O) groups is 9. The first kappa shape index (κ1) is 50.7. The number of nitrogens with one attached hydrogen (secondary N) is 6. The summed E-state index contributed by atoms with van der Waals surface area (Å²) >= 11 is 0. The lowest BCUT2D eigenvalue weighted by Crippen LogP contribution is -2.47. The van der Waals surface area contributed by atoms with Crippen molar-refractivity contribution in [2.24, 2.45) is 0 Å². The Bertz CT molecular complexity index is 1460. The molecule has 7 N–H and O–H groups in total. The molecule has 2 aliphatic rings. The Kier molecular flexibility index (Phi) is 25.8. The molecule has 9 amide bonds. The molecule has 2 rings (SSSR count). The minimum absolute atomic E-state index is 0.0130. The van der Waals surface area contributed by atoms with Crippen molar-refractivity contribution in [3.63, 3.8) is 0 Å². The summed E-state index contributed by atoms with van der Waals surface area (Å²) in [5, 5.41) is 25.5. The minimum atomic E-state index is -0.873. The summed E-state index contributed by atoms with van der Waals surface area (Å²) in [7, 11) is 1.39. The number of ether oxygens (including phenoxy) is 4. The van der Waals surface area contributed by atoms with Crippen LogP contribution in [0.25, 0.3) is 0 Å². The van der Waals surface area contributed by atoms with Gasteiger partial charge in [0, 0.05) is 77.0 Å². The third-order valence-corrected chi connectivity index (χ3v) is 8.86. The zero-order valence-electron chi connectivity index (χ0n) is 34.2. The van der Waals surface area contributed by atoms with Crippen LogP contribution in [0, 0.1) is 0 Å². The fourth-order valence-electron chi connectivity index (χ4n) is 5.66. The molecule has 22 nitrogen and oxygen atoms in total. The highest BCUT2D eigenvalue weighted by molar-refractivity contribution is 6.13. The molecule has 0 bridgehead atoms. The third-order valence-electron chi connectivity index (χ3n) is 8.86. The van der Waals surface area contributed by atoms with Gasteiger partial charge in [-0.2, -0.15) is 0 Å². The van der Waals surface area contributed by atoms with Gasteiger partial charge in [0.25, 0.3) is 23.6 Å². The van der Waals surface area contributed by atoms with E-state index in [1.807, 2.05) is 0 Å². The normalized spacial score (nSPS) is 14.3. The second kappa shape index (κ2) is 30.6. The number of rotatable bonds is 33. The number of methoxy groups -OCH3 is 1. The maximum absolute atomic E-state index is 12.8. The van der Waals surface area contributed by atoms with Crippen molar-refractivity contribution in [2.45, 2.75) is 89.3 Å². The highest BCUT2D eigenvalue weighted by atomic mass is 16.7. The summed E-state index contributed by atoms with van der Waals surface area (Å²) in [6, 6.07) is -0.873. The van der Waals surface area contributed by atoms with Crippen LogP contribution in [0.4, 0.5) is 9.59 Å². The lowest BCUT2D eigenvalue weighted by Gasteiger charge is -2.21. The molecule has 22 heteroatoms. The molecule has 0 aromatic rings. The number of imide groups is 2. The predicted octanol–water partition coefficient (Wildman–Crippen LogP) is -0.827. The highest BCUT2D eigenvalue weighted by Crippen LogP contribution is 2.08. The Hall–Kier alpha value is -5.45. The minimum Gasteiger partial charge on any atom is -0.447 e. The van der Waals surface area contributed by atoms with Crippen LogP contribution in [0.15, 0.2) is 24.3 Å². The molecule has 0 radical (unpaired) electrons. The first-order valence-corrected chi connectivity index (χ1v) is 20.1. The average molecular weight is 853 g/mol. The van der Waals surface area contributed by atoms with Gasteiger partial charge in [-0.15, -0.1) is 0 Å². The van der Waals surface area contributed by atoms with E-state index in [4.69, 9.17) is 19.3 Å². The van der Waals surface area contributed by atoms with E-state index in [0.29, 0.717) is 64.7 Å². The van der Waals surface area contributed by atoms with Crippen molar-refractivity contribution < 1.29 is 67.2 Å². The van der Waals surface area contributed by atoms with Crippen LogP contribution >= 0.6 is 0 Å². The lowest BCUT2D eigenvalue weighted by atomic mass is 10.1. The van der Waals surface area contributed by atoms with Gasteiger partial charge in [-0.1, -0.05) is 12.8 Å². The number of aliphatic hydroxyl groups excluding tert-OH is 1. The van der Waals surface area contributed by atoms with Gasteiger partial charge < -0.3 is 50.6 Å². The Morgan fingerprint density at radius 1 is 0.633 bits per heavy atom. The fraction of sp³-hybridized carbons (Fsp3) is 0.658. The van der Waals surface area contributed by atoms with Crippen LogP contribution in [-0.4, -0.2) is 154 Å². The molecule has 0 spiro atoms. The molecule has 0 saturated carbocycles. The molecular formula is C38H60N8O14. The van der Waals surface area contributed by atoms with E-state index >= 15 is 0 Å². The molecule has 2 unspecified atom stereocenters. The van der Waals surface area contributed by atoms with Crippen LogP contribution in [0.2, 0.25) is 0 Å². The van der Waals surface area contributed by atoms with Gasteiger partial charge >= 0.3 is 12.2 Å². The summed E-state index contributed by atoms with van der Waals surface area (Å²) in [5.74, 6) is -2.97. The van der Waals surface area contributed by atoms with Crippen LogP contribution in [0.5, 0.6) is 0 Å². The highest BCUT2D eigenvalue weighted by Gasteiger charge is 2.25. The van der Waals surface area contributed by atoms with Crippen molar-refractivity contribution >= 4 is 53.5 Å². The summed E-state index contributed by atoms with van der Waals surface area (Å²) in [4.78, 5) is 110. The van der Waals surface area contributed by atoms with Gasteiger partial charge in [0.15, 0.2) is 6.79 Å². The van der Waals surface area contributed by atoms with Crippen LogP contribution < -0.4 is 31.9 Å². The first-order chi connectivity index (χ1) is 28.9. The summed E-state index contributed by atoms with van der Waals surface area (Å²) in [5.41, 5.74) is 0. The zero-order chi connectivity index (χ0) is 44.0. The lowest BCUT2D eigenvalue weighted by molar-refractivity contribution is -0.139. The number of nitrogens with zero attached hydrogens (tertiary/aromatic N) is 2. The molecule has 0 aromatic heterocycles. The molecule has 336 valence electrons. The van der Waals surface area contributed by atoms with Crippen molar-refractivity contribution in [3.8, 4) is 0 Å². The molecule has 0 aromatic carbocycles. The average Bonchev–Trinajstić information content (AvgIpc) is 3.73. The zero-order valence-corrected chi connectivity index (χ0v) is 34.2. The van der Waals surface area contributed by atoms with Crippen molar-refractivity contribution in [1.82, 2.24) is 41.7 Å². The Balaban J connectivity index is 1.67. The standard InChI is InChI=1S/C38H60N8O14/c1-57-27-60-37(55)42-21-8-4-10-28(43-38(56)58-25-24-47)36(54)41-20-7-3-2-6-18-39-26-59-31(44-30(49)17-23-46-34(52)14-15-35(46)53)11-5-9-19-40-29(48)16-22-45-32(50)12-13-33(45)51/h12-15,28,31,39,47H,2-11,16-27H2,1H3,(H,40,48)(H,41,54)(H,42,55)(H,43,56)(H,44,49). The van der Waals surface area contributed by atoms with E-state index in [1.54, 1.807) is 0 Å². The van der Waals surface area contributed by atoms with E-state index in [2.05, 4.69) is 36.6 Å². The molecule has 2 heterocycles. The summed E-state index contributed by atoms with van der Waals surface area (Å²) in [6.45, 7) is 0.913. The monoisotopic (exact) mass is 852 g/mol. The molecule has 0 aliphatic carbocycles. The van der Waals surface area contributed by atoms with Crippen LogP contribution in [0.1, 0.15) is 77.0 Å². The van der Waals surface area contributed by atoms with Crippen LogP contribution in [-0.2, 0) is 52.5 Å². The molecule has 60 heavy (non-hydrogen) atoms. The van der Waals surface area contributed by atoms with Gasteiger partial charge in [0.1, 0.15) is 18.9 Å². The third kappa shape index (κ3) is 22.1. The number of hydrogen-bond donors (Lipinski definition) is 7. The van der Waals surface area contributed by atoms with Crippen LogP contribution in [0.3, 0.4) is 0 Å². The SMILES string of the molecule is COCOC(=O)NCCCCC(NC(=O)OCCO)C(=O)NCCCCCCNCOC(CCCCNC(=O)CCN1C(=O)C=CC1=O)NC(=O)CCN1C(=O)C=CC1=O. The predicted molar refractivity (Wildman–Crippen MR) is 211 cm³/mol. The van der Waals surface area contributed by atoms with Gasteiger partial charge in [0.05, 0.1) is 13.3 Å². The van der Waals surface area contributed by atoms with Gasteiger partial charge in [-0.3, -0.25) is 48.7 Å². The summed E-state index contributed by atoms with van der Waals surface area (Å²) < 4.78 is 20.1. The number of aliphatic hydroxyl groups is 1. The molecule has 2 aliphatic heterocycles. The largest absolute Gasteiger partial charge is 0.447 e. The number of hydrogen-bond acceptors (Lipinski definition) is 15. The van der Waals surface area contributed by atoms with Crippen molar-refractivity contribution in [2.75, 3.05) is 73.1 Å². The van der Waals surface area contributed by atoms with E-state index < -0.39 is 54.0 Å². The Labute approximate surface area is 348 Å².